The van der Waals surface area contributed by atoms with Crippen molar-refractivity contribution < 1.29 is 27.2 Å². The Balaban J connectivity index is 1.42. The van der Waals surface area contributed by atoms with Crippen LogP contribution in [0.2, 0.25) is 0 Å². The van der Waals surface area contributed by atoms with Crippen LogP contribution in [-0.4, -0.2) is 62.2 Å². The van der Waals surface area contributed by atoms with Crippen molar-refractivity contribution in [3.63, 3.8) is 0 Å². The number of ether oxygens (including phenoxy) is 2. The maximum Gasteiger partial charge on any atom is 0.243 e. The van der Waals surface area contributed by atoms with Gasteiger partial charge in [0.1, 0.15) is 5.75 Å². The fourth-order valence-electron chi connectivity index (χ4n) is 3.49. The van der Waals surface area contributed by atoms with Gasteiger partial charge in [0.05, 0.1) is 30.9 Å². The molecule has 0 aliphatic carbocycles. The van der Waals surface area contributed by atoms with Crippen molar-refractivity contribution in [2.24, 2.45) is 0 Å². The maximum atomic E-state index is 13.0. The Labute approximate surface area is 197 Å². The summed E-state index contributed by atoms with van der Waals surface area (Å²) in [4.78, 5) is 17.0. The molecule has 1 amide bonds. The number of hydrogen-bond acceptors (Lipinski definition) is 8. The number of aromatic nitrogens is 2. The van der Waals surface area contributed by atoms with Crippen LogP contribution in [0.3, 0.4) is 0 Å². The largest absolute Gasteiger partial charge is 0.495 e. The Morgan fingerprint density at radius 2 is 1.88 bits per heavy atom. The average Bonchev–Trinajstić information content (AvgIpc) is 3.33. The summed E-state index contributed by atoms with van der Waals surface area (Å²) in [7, 11) is -2.26. The van der Waals surface area contributed by atoms with Crippen LogP contribution in [0.25, 0.3) is 11.4 Å². The Bertz CT molecular complexity index is 1250. The third kappa shape index (κ3) is 5.44. The van der Waals surface area contributed by atoms with Gasteiger partial charge in [-0.05, 0) is 25.1 Å². The summed E-state index contributed by atoms with van der Waals surface area (Å²) < 4.78 is 43.1. The van der Waals surface area contributed by atoms with E-state index < -0.39 is 10.0 Å². The molecule has 0 bridgehead atoms. The van der Waals surface area contributed by atoms with E-state index in [-0.39, 0.29) is 42.4 Å². The van der Waals surface area contributed by atoms with Crippen LogP contribution in [0, 0.1) is 6.92 Å². The zero-order chi connectivity index (χ0) is 24.1. The molecule has 180 valence electrons. The van der Waals surface area contributed by atoms with E-state index in [1.165, 1.54) is 29.6 Å². The summed E-state index contributed by atoms with van der Waals surface area (Å²) in [6.45, 7) is 3.25. The lowest BCUT2D eigenvalue weighted by molar-refractivity contribution is -0.116. The lowest BCUT2D eigenvalue weighted by Crippen LogP contribution is -2.40. The van der Waals surface area contributed by atoms with Crippen molar-refractivity contribution >= 4 is 21.6 Å². The fourth-order valence-corrected chi connectivity index (χ4v) is 4.93. The molecule has 1 fully saturated rings. The number of amides is 1. The molecule has 2 aromatic carbocycles. The molecule has 2 heterocycles. The summed E-state index contributed by atoms with van der Waals surface area (Å²) in [5.41, 5.74) is 2.22. The van der Waals surface area contributed by atoms with Crippen molar-refractivity contribution in [1.29, 1.82) is 0 Å². The summed E-state index contributed by atoms with van der Waals surface area (Å²) in [6, 6.07) is 12.1. The van der Waals surface area contributed by atoms with Gasteiger partial charge >= 0.3 is 0 Å². The van der Waals surface area contributed by atoms with Gasteiger partial charge in [-0.15, -0.1) is 0 Å². The predicted octanol–water partition coefficient (Wildman–Crippen LogP) is 2.65. The van der Waals surface area contributed by atoms with E-state index in [0.29, 0.717) is 30.7 Å². The summed E-state index contributed by atoms with van der Waals surface area (Å²) in [5, 5.41) is 6.70. The normalized spacial score (nSPS) is 14.6. The first-order valence-corrected chi connectivity index (χ1v) is 12.3. The number of methoxy groups -OCH3 is 1. The van der Waals surface area contributed by atoms with Crippen molar-refractivity contribution in [3.05, 3.63) is 53.9 Å². The smallest absolute Gasteiger partial charge is 0.243 e. The first-order chi connectivity index (χ1) is 16.4. The molecule has 10 nitrogen and oxygen atoms in total. The van der Waals surface area contributed by atoms with Gasteiger partial charge in [0, 0.05) is 31.5 Å². The number of nitrogens with one attached hydrogen (secondary N) is 1. The summed E-state index contributed by atoms with van der Waals surface area (Å²) >= 11 is 0. The molecule has 0 unspecified atom stereocenters. The van der Waals surface area contributed by atoms with E-state index in [1.54, 1.807) is 0 Å². The van der Waals surface area contributed by atoms with E-state index in [4.69, 9.17) is 14.0 Å². The van der Waals surface area contributed by atoms with E-state index >= 15 is 0 Å². The molecule has 1 N–H and O–H groups in total. The van der Waals surface area contributed by atoms with Crippen LogP contribution < -0.4 is 10.1 Å². The highest BCUT2D eigenvalue weighted by molar-refractivity contribution is 7.89. The molecule has 1 saturated heterocycles. The van der Waals surface area contributed by atoms with Gasteiger partial charge in [-0.3, -0.25) is 4.79 Å². The van der Waals surface area contributed by atoms with E-state index in [2.05, 4.69) is 15.5 Å². The van der Waals surface area contributed by atoms with Crippen LogP contribution in [0.1, 0.15) is 17.9 Å². The van der Waals surface area contributed by atoms with Crippen molar-refractivity contribution in [2.45, 2.75) is 24.7 Å². The standard InChI is InChI=1S/C23H26N4O6S/c1-16-3-5-17(6-4-16)23-25-22(33-26-23)10-9-21(28)24-19-15-18(7-8-20(19)31-2)34(29,30)27-11-13-32-14-12-27/h3-8,15H,9-14H2,1-2H3,(H,24,28). The number of sulfonamides is 1. The van der Waals surface area contributed by atoms with Gasteiger partial charge in [-0.2, -0.15) is 9.29 Å². The van der Waals surface area contributed by atoms with Crippen molar-refractivity contribution in [1.82, 2.24) is 14.4 Å². The van der Waals surface area contributed by atoms with E-state index in [1.807, 2.05) is 31.2 Å². The first-order valence-electron chi connectivity index (χ1n) is 10.8. The summed E-state index contributed by atoms with van der Waals surface area (Å²) in [6.07, 6.45) is 0.303. The molecule has 0 spiro atoms. The highest BCUT2D eigenvalue weighted by Gasteiger charge is 2.27. The number of carbonyl (C=O) groups excluding carboxylic acids is 1. The zero-order valence-electron chi connectivity index (χ0n) is 19.0. The minimum Gasteiger partial charge on any atom is -0.495 e. The molecule has 0 atom stereocenters. The number of rotatable bonds is 8. The minimum atomic E-state index is -3.71. The number of anilines is 1. The highest BCUT2D eigenvalue weighted by atomic mass is 32.2. The molecule has 0 saturated carbocycles. The van der Waals surface area contributed by atoms with Gasteiger partial charge in [0.15, 0.2) is 0 Å². The Morgan fingerprint density at radius 1 is 1.15 bits per heavy atom. The molecule has 1 aliphatic rings. The summed E-state index contributed by atoms with van der Waals surface area (Å²) in [5.74, 6) is 0.808. The van der Waals surface area contributed by atoms with Gasteiger partial charge in [-0.1, -0.05) is 35.0 Å². The Morgan fingerprint density at radius 3 is 2.59 bits per heavy atom. The Kier molecular flexibility index (Phi) is 7.25. The van der Waals surface area contributed by atoms with E-state index in [0.717, 1.165) is 11.1 Å². The van der Waals surface area contributed by atoms with Gasteiger partial charge in [-0.25, -0.2) is 8.42 Å². The molecule has 3 aromatic rings. The van der Waals surface area contributed by atoms with Crippen LogP contribution in [0.15, 0.2) is 51.9 Å². The third-order valence-corrected chi connectivity index (χ3v) is 7.29. The number of carbonyl (C=O) groups is 1. The molecular weight excluding hydrogens is 460 g/mol. The maximum absolute atomic E-state index is 13.0. The molecule has 34 heavy (non-hydrogen) atoms. The van der Waals surface area contributed by atoms with E-state index in [9.17, 15) is 13.2 Å². The first kappa shape index (κ1) is 23.9. The Hall–Kier alpha value is -3.28. The second-order valence-electron chi connectivity index (χ2n) is 7.80. The zero-order valence-corrected chi connectivity index (χ0v) is 19.8. The second kappa shape index (κ2) is 10.3. The monoisotopic (exact) mass is 486 g/mol. The SMILES string of the molecule is COc1ccc(S(=O)(=O)N2CCOCC2)cc1NC(=O)CCc1nc(-c2ccc(C)cc2)no1. The molecule has 1 aromatic heterocycles. The van der Waals surface area contributed by atoms with Crippen LogP contribution in [0.5, 0.6) is 5.75 Å². The second-order valence-corrected chi connectivity index (χ2v) is 9.74. The molecule has 11 heteroatoms. The number of hydrogen-bond donors (Lipinski definition) is 1. The van der Waals surface area contributed by atoms with Crippen molar-refractivity contribution in [2.75, 3.05) is 38.7 Å². The van der Waals surface area contributed by atoms with Gasteiger partial charge < -0.3 is 19.3 Å². The van der Waals surface area contributed by atoms with Gasteiger partial charge in [0.25, 0.3) is 0 Å². The highest BCUT2D eigenvalue weighted by Crippen LogP contribution is 2.29. The molecule has 1 aliphatic heterocycles. The molecule has 0 radical (unpaired) electrons. The lowest BCUT2D eigenvalue weighted by Gasteiger charge is -2.26. The van der Waals surface area contributed by atoms with Gasteiger partial charge in [0.2, 0.25) is 27.6 Å². The quantitative estimate of drug-likeness (QED) is 0.515. The number of nitrogens with zero attached hydrogens (tertiary/aromatic N) is 3. The lowest BCUT2D eigenvalue weighted by atomic mass is 10.1. The van der Waals surface area contributed by atoms with Crippen molar-refractivity contribution in [3.8, 4) is 17.1 Å². The molecular formula is C23H26N4O6S. The third-order valence-electron chi connectivity index (χ3n) is 5.40. The number of morpholine rings is 1. The molecule has 4 rings (SSSR count). The van der Waals surface area contributed by atoms with Crippen LogP contribution >= 0.6 is 0 Å². The van der Waals surface area contributed by atoms with Crippen LogP contribution in [-0.2, 0) is 26.0 Å². The predicted molar refractivity (Wildman–Crippen MR) is 124 cm³/mol. The average molecular weight is 487 g/mol. The topological polar surface area (TPSA) is 124 Å². The number of aryl methyl sites for hydroxylation is 2. The minimum absolute atomic E-state index is 0.0686. The number of benzene rings is 2. The van der Waals surface area contributed by atoms with Crippen LogP contribution in [0.4, 0.5) is 5.69 Å². The fraction of sp³-hybridized carbons (Fsp3) is 0.348.